The van der Waals surface area contributed by atoms with Crippen LogP contribution in [-0.4, -0.2) is 33.9 Å². The molecule has 0 aliphatic carbocycles. The molecule has 17 heavy (non-hydrogen) atoms. The first kappa shape index (κ1) is 16.4. The molecular formula is C12H27NO3Si. The first-order valence-corrected chi connectivity index (χ1v) is 9.05. The van der Waals surface area contributed by atoms with E-state index in [2.05, 4.69) is 39.2 Å². The summed E-state index contributed by atoms with van der Waals surface area (Å²) < 4.78 is 10.9. The Morgan fingerprint density at radius 3 is 2.24 bits per heavy atom. The van der Waals surface area contributed by atoms with Gasteiger partial charge in [-0.1, -0.05) is 20.8 Å². The predicted molar refractivity (Wildman–Crippen MR) is 72.8 cm³/mol. The summed E-state index contributed by atoms with van der Waals surface area (Å²) in [7, 11) is -1.14. The van der Waals surface area contributed by atoms with Gasteiger partial charge in [-0.3, -0.25) is 0 Å². The molecule has 5 heteroatoms. The van der Waals surface area contributed by atoms with Crippen molar-refractivity contribution in [2.45, 2.75) is 59.9 Å². The van der Waals surface area contributed by atoms with Crippen molar-refractivity contribution < 1.29 is 14.0 Å². The Labute approximate surface area is 107 Å². The van der Waals surface area contributed by atoms with Gasteiger partial charge in [0.1, 0.15) is 0 Å². The maximum Gasteiger partial charge on any atom is 0.407 e. The van der Waals surface area contributed by atoms with E-state index in [1.807, 2.05) is 6.92 Å². The summed E-state index contributed by atoms with van der Waals surface area (Å²) in [4.78, 5) is 11.4. The maximum absolute atomic E-state index is 11.4. The molecule has 0 spiro atoms. The van der Waals surface area contributed by atoms with Crippen LogP contribution in [0.25, 0.3) is 0 Å². The number of carbonyl (C=O) groups is 1. The second-order valence-corrected chi connectivity index (χ2v) is 7.99. The number of amides is 1. The van der Waals surface area contributed by atoms with Crippen molar-refractivity contribution in [1.29, 1.82) is 0 Å². The fraction of sp³-hybridized carbons (Fsp3) is 0.917. The first-order valence-electron chi connectivity index (χ1n) is 6.27. The molecular weight excluding hydrogens is 234 g/mol. The zero-order chi connectivity index (χ0) is 13.6. The normalized spacial score (nSPS) is 15.5. The molecule has 0 aromatic carbocycles. The van der Waals surface area contributed by atoms with Crippen molar-refractivity contribution in [3.63, 3.8) is 0 Å². The molecule has 0 aromatic rings. The molecule has 0 radical (unpaired) electrons. The summed E-state index contributed by atoms with van der Waals surface area (Å²) in [5.74, 6) is 0. The molecule has 0 heterocycles. The van der Waals surface area contributed by atoms with E-state index < -0.39 is 9.04 Å². The van der Waals surface area contributed by atoms with Gasteiger partial charge in [0, 0.05) is 0 Å². The highest BCUT2D eigenvalue weighted by atomic mass is 28.3. The van der Waals surface area contributed by atoms with E-state index in [4.69, 9.17) is 9.16 Å². The van der Waals surface area contributed by atoms with E-state index in [0.29, 0.717) is 6.61 Å². The lowest BCUT2D eigenvalue weighted by Crippen LogP contribution is -2.50. The third-order valence-corrected chi connectivity index (χ3v) is 3.18. The quantitative estimate of drug-likeness (QED) is 0.774. The van der Waals surface area contributed by atoms with E-state index in [9.17, 15) is 4.79 Å². The van der Waals surface area contributed by atoms with Crippen LogP contribution >= 0.6 is 0 Å². The molecule has 0 aliphatic heterocycles. The fourth-order valence-electron chi connectivity index (χ4n) is 1.80. The van der Waals surface area contributed by atoms with Crippen LogP contribution in [-0.2, 0) is 9.16 Å². The second-order valence-electron chi connectivity index (χ2n) is 5.62. The average molecular weight is 261 g/mol. The van der Waals surface area contributed by atoms with E-state index >= 15 is 0 Å². The van der Waals surface area contributed by atoms with Crippen LogP contribution in [0.1, 0.15) is 34.6 Å². The Bertz CT molecular complexity index is 238. The zero-order valence-corrected chi connectivity index (χ0v) is 13.3. The highest BCUT2D eigenvalue weighted by Gasteiger charge is 2.32. The van der Waals surface area contributed by atoms with Gasteiger partial charge in [-0.2, -0.15) is 0 Å². The lowest BCUT2D eigenvalue weighted by Gasteiger charge is -2.37. The smallest absolute Gasteiger partial charge is 0.407 e. The van der Waals surface area contributed by atoms with Gasteiger partial charge in [0.2, 0.25) is 0 Å². The Hall–Kier alpha value is -0.553. The third-order valence-electron chi connectivity index (χ3n) is 2.35. The number of alkyl carbamates (subject to hydrolysis) is 1. The summed E-state index contributed by atoms with van der Waals surface area (Å²) in [6.07, 6.45) is -0.359. The molecule has 0 aliphatic rings. The topological polar surface area (TPSA) is 47.6 Å². The molecule has 0 saturated carbocycles. The molecule has 0 saturated heterocycles. The van der Waals surface area contributed by atoms with Gasteiger partial charge in [-0.25, -0.2) is 4.79 Å². The van der Waals surface area contributed by atoms with Crippen molar-refractivity contribution in [2.24, 2.45) is 5.41 Å². The highest BCUT2D eigenvalue weighted by molar-refractivity contribution is 6.48. The van der Waals surface area contributed by atoms with Gasteiger partial charge in [-0.05, 0) is 32.4 Å². The number of carbonyl (C=O) groups excluding carboxylic acids is 1. The Morgan fingerprint density at radius 2 is 1.88 bits per heavy atom. The number of hydrogen-bond acceptors (Lipinski definition) is 3. The molecule has 2 atom stereocenters. The lowest BCUT2D eigenvalue weighted by molar-refractivity contribution is 0.0527. The molecule has 4 nitrogen and oxygen atoms in total. The van der Waals surface area contributed by atoms with Gasteiger partial charge in [-0.15, -0.1) is 0 Å². The van der Waals surface area contributed by atoms with E-state index in [-0.39, 0.29) is 23.7 Å². The van der Waals surface area contributed by atoms with Gasteiger partial charge >= 0.3 is 6.09 Å². The number of hydrogen-bond donors (Lipinski definition) is 1. The number of rotatable bonds is 5. The van der Waals surface area contributed by atoms with Gasteiger partial charge in [0.05, 0.1) is 18.8 Å². The van der Waals surface area contributed by atoms with Gasteiger partial charge in [0.25, 0.3) is 0 Å². The zero-order valence-electron chi connectivity index (χ0n) is 12.2. The number of nitrogens with one attached hydrogen (secondary N) is 1. The monoisotopic (exact) mass is 261 g/mol. The van der Waals surface area contributed by atoms with Crippen molar-refractivity contribution in [3.05, 3.63) is 0 Å². The van der Waals surface area contributed by atoms with Crippen LogP contribution < -0.4 is 5.32 Å². The minimum absolute atomic E-state index is 0.00379. The molecule has 0 bridgehead atoms. The minimum atomic E-state index is -1.14. The SMILES string of the molecule is CCOC(=O)NC(C)C(O[SiH](C)C)C(C)(C)C. The van der Waals surface area contributed by atoms with Crippen molar-refractivity contribution in [1.82, 2.24) is 5.32 Å². The van der Waals surface area contributed by atoms with Crippen molar-refractivity contribution in [3.8, 4) is 0 Å². The lowest BCUT2D eigenvalue weighted by atomic mass is 9.85. The predicted octanol–water partition coefficient (Wildman–Crippen LogP) is 2.54. The third kappa shape index (κ3) is 6.68. The summed E-state index contributed by atoms with van der Waals surface area (Å²) in [6.45, 7) is 14.8. The highest BCUT2D eigenvalue weighted by Crippen LogP contribution is 2.25. The minimum Gasteiger partial charge on any atom is -0.450 e. The standard InChI is InChI=1S/C12H27NO3Si/c1-8-15-11(14)13-9(2)10(12(3,4)5)16-17(6)7/h9-10,17H,8H2,1-7H3,(H,13,14). The van der Waals surface area contributed by atoms with Crippen molar-refractivity contribution in [2.75, 3.05) is 6.61 Å². The Balaban J connectivity index is 4.53. The molecule has 0 aromatic heterocycles. The summed E-state index contributed by atoms with van der Waals surface area (Å²) in [5.41, 5.74) is -0.00379. The molecule has 0 fully saturated rings. The largest absolute Gasteiger partial charge is 0.450 e. The van der Waals surface area contributed by atoms with Gasteiger partial charge < -0.3 is 14.5 Å². The van der Waals surface area contributed by atoms with Crippen molar-refractivity contribution >= 4 is 15.1 Å². The van der Waals surface area contributed by atoms with Crippen LogP contribution in [0.3, 0.4) is 0 Å². The molecule has 1 N–H and O–H groups in total. The Kier molecular flexibility index (Phi) is 6.78. The Morgan fingerprint density at radius 1 is 1.35 bits per heavy atom. The van der Waals surface area contributed by atoms with Crippen LogP contribution in [0.2, 0.25) is 13.1 Å². The van der Waals surface area contributed by atoms with Crippen LogP contribution in [0.15, 0.2) is 0 Å². The van der Waals surface area contributed by atoms with E-state index in [0.717, 1.165) is 0 Å². The van der Waals surface area contributed by atoms with Gasteiger partial charge in [0.15, 0.2) is 9.04 Å². The molecule has 0 rings (SSSR count). The number of ether oxygens (including phenoxy) is 1. The van der Waals surface area contributed by atoms with E-state index in [1.54, 1.807) is 6.92 Å². The van der Waals surface area contributed by atoms with Crippen LogP contribution in [0.4, 0.5) is 4.79 Å². The molecule has 102 valence electrons. The second kappa shape index (κ2) is 7.01. The summed E-state index contributed by atoms with van der Waals surface area (Å²) in [6, 6.07) is -0.0519. The first-order chi connectivity index (χ1) is 7.68. The maximum atomic E-state index is 11.4. The van der Waals surface area contributed by atoms with Crippen LogP contribution in [0, 0.1) is 5.41 Å². The summed E-state index contributed by atoms with van der Waals surface area (Å²) >= 11 is 0. The molecule has 1 amide bonds. The summed E-state index contributed by atoms with van der Waals surface area (Å²) in [5, 5.41) is 2.83. The fourth-order valence-corrected chi connectivity index (χ4v) is 3.03. The van der Waals surface area contributed by atoms with Crippen LogP contribution in [0.5, 0.6) is 0 Å². The molecule has 2 unspecified atom stereocenters. The average Bonchev–Trinajstić information content (AvgIpc) is 2.12. The van der Waals surface area contributed by atoms with E-state index in [1.165, 1.54) is 0 Å².